The van der Waals surface area contributed by atoms with Crippen molar-refractivity contribution in [3.05, 3.63) is 113 Å². The van der Waals surface area contributed by atoms with Crippen LogP contribution in [0.2, 0.25) is 0 Å². The predicted octanol–water partition coefficient (Wildman–Crippen LogP) is 4.17. The summed E-state index contributed by atoms with van der Waals surface area (Å²) in [5.74, 6) is -0.641. The van der Waals surface area contributed by atoms with Crippen LogP contribution in [0.4, 0.5) is 5.69 Å². The van der Waals surface area contributed by atoms with Crippen molar-refractivity contribution in [2.24, 2.45) is 0 Å². The van der Waals surface area contributed by atoms with E-state index in [0.29, 0.717) is 11.4 Å². The molecule has 0 radical (unpaired) electrons. The van der Waals surface area contributed by atoms with Gasteiger partial charge in [-0.05, 0) is 36.8 Å². The van der Waals surface area contributed by atoms with Gasteiger partial charge in [-0.3, -0.25) is 9.59 Å². The Balaban J connectivity index is 1.38. The molecule has 0 aliphatic rings. The lowest BCUT2D eigenvalue weighted by atomic mass is 10.0. The SMILES string of the molecule is CC(OC(=O)c1ccc(=O)n(CCOc2ccccc2)n1)C(=O)Nc1ccccc1-c1ccccc1. The lowest BCUT2D eigenvalue weighted by molar-refractivity contribution is -0.123. The summed E-state index contributed by atoms with van der Waals surface area (Å²) in [6.45, 7) is 1.80. The number of amides is 1. The third kappa shape index (κ3) is 6.24. The molecule has 182 valence electrons. The second-order valence-corrected chi connectivity index (χ2v) is 7.89. The molecule has 1 atom stereocenters. The number of aromatic nitrogens is 2. The third-order valence-corrected chi connectivity index (χ3v) is 5.31. The van der Waals surface area contributed by atoms with Crippen molar-refractivity contribution in [3.63, 3.8) is 0 Å². The van der Waals surface area contributed by atoms with Crippen LogP contribution in [-0.2, 0) is 16.1 Å². The van der Waals surface area contributed by atoms with E-state index in [1.54, 1.807) is 18.2 Å². The van der Waals surface area contributed by atoms with Gasteiger partial charge < -0.3 is 14.8 Å². The number of rotatable bonds is 9. The summed E-state index contributed by atoms with van der Waals surface area (Å²) in [4.78, 5) is 37.6. The van der Waals surface area contributed by atoms with Gasteiger partial charge in [-0.25, -0.2) is 9.48 Å². The number of carbonyl (C=O) groups excluding carboxylic acids is 2. The van der Waals surface area contributed by atoms with Crippen molar-refractivity contribution in [1.29, 1.82) is 0 Å². The number of carbonyl (C=O) groups is 2. The number of esters is 1. The number of nitrogens with one attached hydrogen (secondary N) is 1. The van der Waals surface area contributed by atoms with Crippen LogP contribution >= 0.6 is 0 Å². The minimum Gasteiger partial charge on any atom is -0.492 e. The van der Waals surface area contributed by atoms with Crippen LogP contribution < -0.4 is 15.6 Å². The van der Waals surface area contributed by atoms with Crippen LogP contribution in [0.5, 0.6) is 5.75 Å². The van der Waals surface area contributed by atoms with Crippen LogP contribution in [-0.4, -0.2) is 34.4 Å². The summed E-state index contributed by atoms with van der Waals surface area (Å²) in [5.41, 5.74) is 1.92. The van der Waals surface area contributed by atoms with Crippen LogP contribution in [0, 0.1) is 0 Å². The zero-order valence-electron chi connectivity index (χ0n) is 19.7. The number of ether oxygens (including phenoxy) is 2. The molecular weight excluding hydrogens is 458 g/mol. The Morgan fingerprint density at radius 2 is 1.56 bits per heavy atom. The summed E-state index contributed by atoms with van der Waals surface area (Å²) in [7, 11) is 0. The van der Waals surface area contributed by atoms with Gasteiger partial charge in [0.05, 0.1) is 6.54 Å². The topological polar surface area (TPSA) is 99.5 Å². The molecule has 0 saturated heterocycles. The quantitative estimate of drug-likeness (QED) is 0.359. The van der Waals surface area contributed by atoms with Crippen molar-refractivity contribution in [1.82, 2.24) is 9.78 Å². The minimum atomic E-state index is -1.09. The Morgan fingerprint density at radius 3 is 2.31 bits per heavy atom. The van der Waals surface area contributed by atoms with Gasteiger partial charge in [0.25, 0.3) is 11.5 Å². The van der Waals surface area contributed by atoms with Crippen LogP contribution in [0.25, 0.3) is 11.1 Å². The summed E-state index contributed by atoms with van der Waals surface area (Å²) >= 11 is 0. The normalized spacial score (nSPS) is 11.4. The molecular formula is C28H25N3O5. The Kier molecular flexibility index (Phi) is 7.87. The maximum atomic E-state index is 12.8. The van der Waals surface area contributed by atoms with E-state index >= 15 is 0 Å². The van der Waals surface area contributed by atoms with Gasteiger partial charge in [-0.2, -0.15) is 5.10 Å². The molecule has 0 fully saturated rings. The van der Waals surface area contributed by atoms with E-state index in [4.69, 9.17) is 9.47 Å². The number of hydrogen-bond acceptors (Lipinski definition) is 6. The highest BCUT2D eigenvalue weighted by atomic mass is 16.5. The van der Waals surface area contributed by atoms with E-state index in [0.717, 1.165) is 15.8 Å². The summed E-state index contributed by atoms with van der Waals surface area (Å²) in [6, 6.07) is 28.7. The molecule has 8 nitrogen and oxygen atoms in total. The van der Waals surface area contributed by atoms with E-state index in [9.17, 15) is 14.4 Å². The molecule has 0 bridgehead atoms. The largest absolute Gasteiger partial charge is 0.492 e. The third-order valence-electron chi connectivity index (χ3n) is 5.31. The molecule has 0 aliphatic carbocycles. The minimum absolute atomic E-state index is 0.0846. The molecule has 1 aromatic heterocycles. The maximum absolute atomic E-state index is 12.8. The van der Waals surface area contributed by atoms with Crippen molar-refractivity contribution >= 4 is 17.6 Å². The van der Waals surface area contributed by atoms with Crippen molar-refractivity contribution in [2.75, 3.05) is 11.9 Å². The average Bonchev–Trinajstić information content (AvgIpc) is 2.91. The number of hydrogen-bond donors (Lipinski definition) is 1. The zero-order valence-corrected chi connectivity index (χ0v) is 19.7. The molecule has 0 saturated carbocycles. The average molecular weight is 484 g/mol. The number of benzene rings is 3. The van der Waals surface area contributed by atoms with Gasteiger partial charge in [0.15, 0.2) is 11.8 Å². The second-order valence-electron chi connectivity index (χ2n) is 7.89. The lowest BCUT2D eigenvalue weighted by Crippen LogP contribution is -2.32. The van der Waals surface area contributed by atoms with Gasteiger partial charge >= 0.3 is 5.97 Å². The maximum Gasteiger partial charge on any atom is 0.359 e. The van der Waals surface area contributed by atoms with Gasteiger partial charge in [0.1, 0.15) is 12.4 Å². The first kappa shape index (κ1) is 24.4. The van der Waals surface area contributed by atoms with Crippen LogP contribution in [0.3, 0.4) is 0 Å². The molecule has 3 aromatic carbocycles. The summed E-state index contributed by atoms with van der Waals surface area (Å²) in [6.07, 6.45) is -1.09. The van der Waals surface area contributed by atoms with Crippen LogP contribution in [0.1, 0.15) is 17.4 Å². The van der Waals surface area contributed by atoms with Crippen molar-refractivity contribution in [2.45, 2.75) is 19.6 Å². The van der Waals surface area contributed by atoms with E-state index < -0.39 is 18.0 Å². The first-order chi connectivity index (χ1) is 17.5. The van der Waals surface area contributed by atoms with Gasteiger partial charge in [0.2, 0.25) is 0 Å². The van der Waals surface area contributed by atoms with Gasteiger partial charge in [-0.1, -0.05) is 66.7 Å². The zero-order chi connectivity index (χ0) is 25.3. The molecule has 1 unspecified atom stereocenters. The predicted molar refractivity (Wildman–Crippen MR) is 136 cm³/mol. The van der Waals surface area contributed by atoms with Gasteiger partial charge in [0, 0.05) is 17.3 Å². The summed E-state index contributed by atoms with van der Waals surface area (Å²) in [5, 5.41) is 6.89. The Bertz CT molecular complexity index is 1390. The molecule has 36 heavy (non-hydrogen) atoms. The standard InChI is InChI=1S/C28H25N3O5/c1-20(27(33)29-24-15-9-8-14-23(24)21-10-4-2-5-11-21)36-28(34)25-16-17-26(32)31(30-25)18-19-35-22-12-6-3-7-13-22/h2-17,20H,18-19H2,1H3,(H,29,33). The molecule has 8 heteroatoms. The van der Waals surface area contributed by atoms with E-state index in [1.165, 1.54) is 19.1 Å². The second kappa shape index (κ2) is 11.6. The number of anilines is 1. The molecule has 0 aliphatic heterocycles. The highest BCUT2D eigenvalue weighted by Crippen LogP contribution is 2.27. The monoisotopic (exact) mass is 483 g/mol. The first-order valence-electron chi connectivity index (χ1n) is 11.4. The molecule has 1 N–H and O–H groups in total. The highest BCUT2D eigenvalue weighted by molar-refractivity contribution is 5.99. The first-order valence-corrected chi connectivity index (χ1v) is 11.4. The van der Waals surface area contributed by atoms with E-state index in [1.807, 2.05) is 66.7 Å². The molecule has 4 rings (SSSR count). The Morgan fingerprint density at radius 1 is 0.889 bits per heavy atom. The number of nitrogens with zero attached hydrogens (tertiary/aromatic N) is 2. The van der Waals surface area contributed by atoms with Crippen molar-refractivity contribution in [3.8, 4) is 16.9 Å². The lowest BCUT2D eigenvalue weighted by Gasteiger charge is -2.16. The highest BCUT2D eigenvalue weighted by Gasteiger charge is 2.21. The Hall–Kier alpha value is -4.72. The fourth-order valence-corrected chi connectivity index (χ4v) is 3.46. The molecule has 0 spiro atoms. The van der Waals surface area contributed by atoms with Crippen LogP contribution in [0.15, 0.2) is 102 Å². The Labute approximate surface area is 208 Å². The molecule has 4 aromatic rings. The van der Waals surface area contributed by atoms with E-state index in [2.05, 4.69) is 10.4 Å². The fraction of sp³-hybridized carbons (Fsp3) is 0.143. The van der Waals surface area contributed by atoms with Crippen molar-refractivity contribution < 1.29 is 19.1 Å². The van der Waals surface area contributed by atoms with Gasteiger partial charge in [-0.15, -0.1) is 0 Å². The summed E-state index contributed by atoms with van der Waals surface area (Å²) < 4.78 is 12.0. The van der Waals surface area contributed by atoms with E-state index in [-0.39, 0.29) is 24.4 Å². The smallest absolute Gasteiger partial charge is 0.359 e. The molecule has 1 heterocycles. The number of para-hydroxylation sites is 2. The fourth-order valence-electron chi connectivity index (χ4n) is 3.46. The molecule has 1 amide bonds.